The summed E-state index contributed by atoms with van der Waals surface area (Å²) in [5, 5.41) is 3.16. The van der Waals surface area contributed by atoms with E-state index in [1.54, 1.807) is 6.20 Å². The van der Waals surface area contributed by atoms with Gasteiger partial charge in [0.2, 0.25) is 0 Å². The first-order valence-corrected chi connectivity index (χ1v) is 5.58. The van der Waals surface area contributed by atoms with Gasteiger partial charge in [0.25, 0.3) is 0 Å². The SMILES string of the molecule is C=CNc1cc(C=C)ccc1N(C)CCC. The highest BCUT2D eigenvalue weighted by atomic mass is 15.1. The van der Waals surface area contributed by atoms with E-state index in [2.05, 4.69) is 55.5 Å². The van der Waals surface area contributed by atoms with E-state index < -0.39 is 0 Å². The van der Waals surface area contributed by atoms with E-state index in [0.29, 0.717) is 0 Å². The molecule has 0 saturated heterocycles. The molecule has 0 radical (unpaired) electrons. The minimum Gasteiger partial charge on any atom is -0.373 e. The number of nitrogens with zero attached hydrogens (tertiary/aromatic N) is 1. The van der Waals surface area contributed by atoms with E-state index in [1.165, 1.54) is 5.69 Å². The van der Waals surface area contributed by atoms with Crippen LogP contribution in [0.3, 0.4) is 0 Å². The van der Waals surface area contributed by atoms with Gasteiger partial charge in [-0.15, -0.1) is 0 Å². The lowest BCUT2D eigenvalue weighted by atomic mass is 10.1. The smallest absolute Gasteiger partial charge is 0.0623 e. The fraction of sp³-hybridized carbons (Fsp3) is 0.286. The fourth-order valence-electron chi connectivity index (χ4n) is 1.69. The molecule has 1 rings (SSSR count). The number of hydrogen-bond acceptors (Lipinski definition) is 2. The summed E-state index contributed by atoms with van der Waals surface area (Å²) in [6.45, 7) is 10.7. The van der Waals surface area contributed by atoms with Gasteiger partial charge in [0.1, 0.15) is 0 Å². The molecule has 1 N–H and O–H groups in total. The first kappa shape index (κ1) is 12.4. The van der Waals surface area contributed by atoms with E-state index in [4.69, 9.17) is 0 Å². The maximum absolute atomic E-state index is 3.78. The molecule has 0 aliphatic carbocycles. The fourth-order valence-corrected chi connectivity index (χ4v) is 1.69. The molecule has 86 valence electrons. The topological polar surface area (TPSA) is 15.3 Å². The number of hydrogen-bond donors (Lipinski definition) is 1. The Morgan fingerprint density at radius 1 is 1.38 bits per heavy atom. The molecule has 0 aliphatic heterocycles. The average molecular weight is 216 g/mol. The second kappa shape index (κ2) is 6.01. The molecule has 0 fully saturated rings. The summed E-state index contributed by atoms with van der Waals surface area (Å²) < 4.78 is 0. The van der Waals surface area contributed by atoms with Crippen molar-refractivity contribution in [2.24, 2.45) is 0 Å². The standard InChI is InChI=1S/C14H20N2/c1-5-10-16(4)14-9-8-12(6-2)11-13(14)15-7-3/h6-9,11,15H,2-3,5,10H2,1,4H3. The zero-order valence-electron chi connectivity index (χ0n) is 10.2. The van der Waals surface area contributed by atoms with Crippen LogP contribution in [0.1, 0.15) is 18.9 Å². The van der Waals surface area contributed by atoms with E-state index in [9.17, 15) is 0 Å². The summed E-state index contributed by atoms with van der Waals surface area (Å²) in [5.41, 5.74) is 3.37. The highest BCUT2D eigenvalue weighted by molar-refractivity contribution is 5.74. The van der Waals surface area contributed by atoms with Crippen LogP contribution >= 0.6 is 0 Å². The van der Waals surface area contributed by atoms with Crippen molar-refractivity contribution in [2.45, 2.75) is 13.3 Å². The summed E-state index contributed by atoms with van der Waals surface area (Å²) in [5.74, 6) is 0. The van der Waals surface area contributed by atoms with Gasteiger partial charge in [0.05, 0.1) is 11.4 Å². The Morgan fingerprint density at radius 2 is 2.12 bits per heavy atom. The van der Waals surface area contributed by atoms with Crippen LogP contribution in [-0.2, 0) is 0 Å². The Hall–Kier alpha value is -1.70. The number of nitrogens with one attached hydrogen (secondary N) is 1. The number of anilines is 2. The predicted octanol–water partition coefficient (Wildman–Crippen LogP) is 3.73. The Labute approximate surface area is 98.3 Å². The maximum Gasteiger partial charge on any atom is 0.0623 e. The molecule has 0 atom stereocenters. The molecule has 1 aromatic carbocycles. The van der Waals surface area contributed by atoms with Gasteiger partial charge >= 0.3 is 0 Å². The minimum atomic E-state index is 1.04. The molecule has 1 aromatic rings. The molecule has 2 nitrogen and oxygen atoms in total. The van der Waals surface area contributed by atoms with Crippen molar-refractivity contribution in [1.29, 1.82) is 0 Å². The highest BCUT2D eigenvalue weighted by Gasteiger charge is 2.05. The molecule has 0 aromatic heterocycles. The number of rotatable bonds is 6. The van der Waals surface area contributed by atoms with Gasteiger partial charge in [-0.25, -0.2) is 0 Å². The van der Waals surface area contributed by atoms with Crippen LogP contribution in [0.4, 0.5) is 11.4 Å². The Morgan fingerprint density at radius 3 is 2.69 bits per heavy atom. The van der Waals surface area contributed by atoms with Crippen molar-refractivity contribution < 1.29 is 0 Å². The zero-order valence-corrected chi connectivity index (χ0v) is 10.2. The van der Waals surface area contributed by atoms with Crippen LogP contribution in [0.5, 0.6) is 0 Å². The third-order valence-corrected chi connectivity index (χ3v) is 2.48. The first-order valence-electron chi connectivity index (χ1n) is 5.58. The van der Waals surface area contributed by atoms with Gasteiger partial charge in [0.15, 0.2) is 0 Å². The normalized spacial score (nSPS) is 9.62. The monoisotopic (exact) mass is 216 g/mol. The van der Waals surface area contributed by atoms with Crippen molar-refractivity contribution in [3.63, 3.8) is 0 Å². The highest BCUT2D eigenvalue weighted by Crippen LogP contribution is 2.27. The lowest BCUT2D eigenvalue weighted by Gasteiger charge is -2.22. The quantitative estimate of drug-likeness (QED) is 0.779. The largest absolute Gasteiger partial charge is 0.373 e. The molecule has 0 amide bonds. The Kier molecular flexibility index (Phi) is 4.65. The molecule has 2 heteroatoms. The molecule has 0 bridgehead atoms. The van der Waals surface area contributed by atoms with Crippen molar-refractivity contribution in [1.82, 2.24) is 0 Å². The van der Waals surface area contributed by atoms with Crippen molar-refractivity contribution >= 4 is 17.5 Å². The molecular weight excluding hydrogens is 196 g/mol. The van der Waals surface area contributed by atoms with Crippen LogP contribution in [0.25, 0.3) is 6.08 Å². The average Bonchev–Trinajstić information content (AvgIpc) is 2.29. The molecule has 0 saturated carbocycles. The third-order valence-electron chi connectivity index (χ3n) is 2.48. The number of benzene rings is 1. The van der Waals surface area contributed by atoms with Crippen molar-refractivity contribution in [2.75, 3.05) is 23.8 Å². The van der Waals surface area contributed by atoms with Gasteiger partial charge in [-0.3, -0.25) is 0 Å². The minimum absolute atomic E-state index is 1.04. The van der Waals surface area contributed by atoms with Crippen molar-refractivity contribution in [3.8, 4) is 0 Å². The van der Waals surface area contributed by atoms with Crippen LogP contribution in [-0.4, -0.2) is 13.6 Å². The first-order chi connectivity index (χ1) is 7.72. The van der Waals surface area contributed by atoms with E-state index in [0.717, 1.165) is 24.2 Å². The zero-order chi connectivity index (χ0) is 12.0. The molecule has 0 unspecified atom stereocenters. The molecule has 16 heavy (non-hydrogen) atoms. The van der Waals surface area contributed by atoms with Gasteiger partial charge < -0.3 is 10.2 Å². The Bertz CT molecular complexity index is 369. The van der Waals surface area contributed by atoms with Gasteiger partial charge in [-0.05, 0) is 30.3 Å². The Balaban J connectivity index is 3.05. The lowest BCUT2D eigenvalue weighted by Crippen LogP contribution is -2.18. The molecule has 0 heterocycles. The van der Waals surface area contributed by atoms with Gasteiger partial charge in [-0.2, -0.15) is 0 Å². The summed E-state index contributed by atoms with van der Waals surface area (Å²) in [6, 6.07) is 6.26. The summed E-state index contributed by atoms with van der Waals surface area (Å²) in [6.07, 6.45) is 4.68. The predicted molar refractivity (Wildman–Crippen MR) is 73.9 cm³/mol. The van der Waals surface area contributed by atoms with Gasteiger partial charge in [-0.1, -0.05) is 32.2 Å². The van der Waals surface area contributed by atoms with Crippen LogP contribution in [0, 0.1) is 0 Å². The molecular formula is C14H20N2. The van der Waals surface area contributed by atoms with Crippen LogP contribution in [0.2, 0.25) is 0 Å². The summed E-state index contributed by atoms with van der Waals surface area (Å²) >= 11 is 0. The van der Waals surface area contributed by atoms with Gasteiger partial charge in [0, 0.05) is 13.6 Å². The van der Waals surface area contributed by atoms with Crippen LogP contribution < -0.4 is 10.2 Å². The van der Waals surface area contributed by atoms with Crippen molar-refractivity contribution in [3.05, 3.63) is 43.1 Å². The summed E-state index contributed by atoms with van der Waals surface area (Å²) in [4.78, 5) is 2.23. The van der Waals surface area contributed by atoms with E-state index in [-0.39, 0.29) is 0 Å². The third kappa shape index (κ3) is 2.89. The lowest BCUT2D eigenvalue weighted by molar-refractivity contribution is 0.853. The second-order valence-electron chi connectivity index (χ2n) is 3.75. The second-order valence-corrected chi connectivity index (χ2v) is 3.75. The van der Waals surface area contributed by atoms with E-state index in [1.807, 2.05) is 6.08 Å². The van der Waals surface area contributed by atoms with E-state index >= 15 is 0 Å². The molecule has 0 aliphatic rings. The van der Waals surface area contributed by atoms with Crippen LogP contribution in [0.15, 0.2) is 37.6 Å². The maximum atomic E-state index is 3.78. The summed E-state index contributed by atoms with van der Waals surface area (Å²) in [7, 11) is 2.10. The molecule has 0 spiro atoms.